The number of methoxy groups -OCH3 is 1. The van der Waals surface area contributed by atoms with Gasteiger partial charge in [0.15, 0.2) is 18.1 Å². The summed E-state index contributed by atoms with van der Waals surface area (Å²) < 4.78 is 50.6. The number of aromatic nitrogens is 1. The molecule has 1 aromatic heterocycles. The third-order valence-corrected chi connectivity index (χ3v) is 12.9. The SMILES string of the molecule is COc1cc([C@H]2c3sc(=O)[nH]c3SC3C4CC(C5C(=O)N(C(C(=O)O)C(C)C)C(=O)C45)C32)ccc1OCC(=O)Nc1cccc(C(F)(F)F)c1. The number of rotatable bonds is 9. The van der Waals surface area contributed by atoms with E-state index in [0.29, 0.717) is 11.4 Å². The van der Waals surface area contributed by atoms with E-state index in [1.165, 1.54) is 31.0 Å². The fourth-order valence-corrected chi connectivity index (χ4v) is 11.4. The molecule has 16 heteroatoms. The van der Waals surface area contributed by atoms with Crippen LogP contribution in [0.15, 0.2) is 52.3 Å². The van der Waals surface area contributed by atoms with Gasteiger partial charge < -0.3 is 24.9 Å². The van der Waals surface area contributed by atoms with Crippen LogP contribution >= 0.6 is 23.1 Å². The lowest BCUT2D eigenvalue weighted by Crippen LogP contribution is -2.49. The topological polar surface area (TPSA) is 155 Å². The fraction of sp³-hybridized carbons (Fsp3) is 0.441. The average Bonchev–Trinajstić information content (AvgIpc) is 3.79. The summed E-state index contributed by atoms with van der Waals surface area (Å²) in [5.41, 5.74) is -0.180. The molecule has 50 heavy (non-hydrogen) atoms. The number of thiazole rings is 1. The first-order chi connectivity index (χ1) is 23.7. The summed E-state index contributed by atoms with van der Waals surface area (Å²) in [4.78, 5) is 69.6. The van der Waals surface area contributed by atoms with Gasteiger partial charge in [-0.15, -0.1) is 11.8 Å². The maximum absolute atomic E-state index is 13.9. The zero-order valence-electron chi connectivity index (χ0n) is 26.9. The molecule has 11 nitrogen and oxygen atoms in total. The lowest BCUT2D eigenvalue weighted by Gasteiger charge is -2.43. The highest BCUT2D eigenvalue weighted by Crippen LogP contribution is 2.69. The molecular weight excluding hydrogens is 700 g/mol. The largest absolute Gasteiger partial charge is 0.493 e. The van der Waals surface area contributed by atoms with Crippen molar-refractivity contribution in [1.82, 2.24) is 9.88 Å². The Morgan fingerprint density at radius 2 is 1.78 bits per heavy atom. The number of alkyl halides is 3. The third-order valence-electron chi connectivity index (χ3n) is 10.3. The van der Waals surface area contributed by atoms with Crippen molar-refractivity contribution in [2.45, 2.75) is 48.7 Å². The Balaban J connectivity index is 1.16. The number of ether oxygens (including phenoxy) is 2. The third kappa shape index (κ3) is 5.56. The van der Waals surface area contributed by atoms with Crippen LogP contribution in [0.5, 0.6) is 11.5 Å². The lowest BCUT2D eigenvalue weighted by molar-refractivity contribution is -0.157. The first-order valence-electron chi connectivity index (χ1n) is 16.0. The molecule has 2 bridgehead atoms. The van der Waals surface area contributed by atoms with Crippen LogP contribution in [0.3, 0.4) is 0 Å². The molecule has 264 valence electrons. The molecule has 1 saturated heterocycles. The van der Waals surface area contributed by atoms with Crippen molar-refractivity contribution in [1.29, 1.82) is 0 Å². The quantitative estimate of drug-likeness (QED) is 0.256. The molecule has 2 saturated carbocycles. The number of fused-ring (bicyclic) bond motifs is 9. The fourth-order valence-electron chi connectivity index (χ4n) is 8.49. The number of carbonyl (C=O) groups excluding carboxylic acids is 3. The normalized spacial score (nSPS) is 27.2. The van der Waals surface area contributed by atoms with E-state index in [0.717, 1.165) is 38.8 Å². The first-order valence-corrected chi connectivity index (χ1v) is 17.7. The highest BCUT2D eigenvalue weighted by molar-refractivity contribution is 8.00. The van der Waals surface area contributed by atoms with Crippen LogP contribution < -0.4 is 19.7 Å². The molecule has 3 heterocycles. The Labute approximate surface area is 291 Å². The molecule has 7 unspecified atom stereocenters. The number of hydrogen-bond donors (Lipinski definition) is 3. The molecule has 3 fully saturated rings. The van der Waals surface area contributed by atoms with Crippen LogP contribution in [0.2, 0.25) is 0 Å². The van der Waals surface area contributed by atoms with Crippen LogP contribution in [0.25, 0.3) is 0 Å². The smallest absolute Gasteiger partial charge is 0.416 e. The van der Waals surface area contributed by atoms with E-state index in [4.69, 9.17) is 9.47 Å². The molecule has 4 aliphatic rings. The summed E-state index contributed by atoms with van der Waals surface area (Å²) in [7, 11) is 1.42. The number of thioether (sulfide) groups is 1. The summed E-state index contributed by atoms with van der Waals surface area (Å²) >= 11 is 2.58. The summed E-state index contributed by atoms with van der Waals surface area (Å²) in [5, 5.41) is 12.9. The van der Waals surface area contributed by atoms with E-state index in [2.05, 4.69) is 10.3 Å². The minimum atomic E-state index is -4.57. The maximum Gasteiger partial charge on any atom is 0.416 e. The van der Waals surface area contributed by atoms with Crippen LogP contribution in [0.4, 0.5) is 18.9 Å². The van der Waals surface area contributed by atoms with Gasteiger partial charge in [-0.3, -0.25) is 24.1 Å². The number of hydrogen-bond acceptors (Lipinski definition) is 9. The van der Waals surface area contributed by atoms with Crippen molar-refractivity contribution in [3.8, 4) is 11.5 Å². The van der Waals surface area contributed by atoms with Crippen LogP contribution in [-0.4, -0.2) is 63.7 Å². The van der Waals surface area contributed by atoms with Crippen molar-refractivity contribution in [3.05, 3.63) is 68.1 Å². The molecule has 3 N–H and O–H groups in total. The highest BCUT2D eigenvalue weighted by atomic mass is 32.2. The van der Waals surface area contributed by atoms with Gasteiger partial charge in [0, 0.05) is 21.7 Å². The molecule has 0 radical (unpaired) electrons. The number of nitrogens with one attached hydrogen (secondary N) is 2. The van der Waals surface area contributed by atoms with E-state index in [9.17, 15) is 42.3 Å². The van der Waals surface area contributed by atoms with E-state index < -0.39 is 65.8 Å². The molecule has 3 aromatic rings. The van der Waals surface area contributed by atoms with Gasteiger partial charge in [0.25, 0.3) is 5.91 Å². The predicted octanol–water partition coefficient (Wildman–Crippen LogP) is 5.06. The number of carbonyl (C=O) groups is 4. The minimum Gasteiger partial charge on any atom is -0.493 e. The molecular formula is C34H32F3N3O8S2. The van der Waals surface area contributed by atoms with Crippen molar-refractivity contribution in [3.63, 3.8) is 0 Å². The molecule has 2 aliphatic carbocycles. The van der Waals surface area contributed by atoms with Crippen LogP contribution in [0, 0.1) is 35.5 Å². The van der Waals surface area contributed by atoms with Gasteiger partial charge in [-0.1, -0.05) is 37.3 Å². The predicted molar refractivity (Wildman–Crippen MR) is 175 cm³/mol. The Morgan fingerprint density at radius 3 is 2.44 bits per heavy atom. The monoisotopic (exact) mass is 731 g/mol. The van der Waals surface area contributed by atoms with Gasteiger partial charge in [-0.2, -0.15) is 13.2 Å². The second kappa shape index (κ2) is 12.5. The van der Waals surface area contributed by atoms with E-state index >= 15 is 0 Å². The number of halogens is 3. The van der Waals surface area contributed by atoms with Gasteiger partial charge >= 0.3 is 17.0 Å². The number of amides is 3. The van der Waals surface area contributed by atoms with Crippen molar-refractivity contribution in [2.75, 3.05) is 19.0 Å². The van der Waals surface area contributed by atoms with E-state index in [1.807, 2.05) is 0 Å². The molecule has 2 aliphatic heterocycles. The van der Waals surface area contributed by atoms with Crippen LogP contribution in [0.1, 0.15) is 42.2 Å². The number of likely N-dealkylation sites (tertiary alicyclic amines) is 1. The number of nitrogens with zero attached hydrogens (tertiary/aromatic N) is 1. The highest BCUT2D eigenvalue weighted by Gasteiger charge is 2.70. The second-order valence-corrected chi connectivity index (χ2v) is 15.6. The molecule has 8 atom stereocenters. The maximum atomic E-state index is 13.9. The number of aliphatic carboxylic acids is 1. The van der Waals surface area contributed by atoms with Crippen molar-refractivity contribution < 1.29 is 46.9 Å². The lowest BCUT2D eigenvalue weighted by atomic mass is 9.68. The Kier molecular flexibility index (Phi) is 8.52. The van der Waals surface area contributed by atoms with E-state index in [-0.39, 0.29) is 51.0 Å². The molecule has 3 amide bonds. The average molecular weight is 732 g/mol. The summed E-state index contributed by atoms with van der Waals surface area (Å²) in [5.74, 6) is -5.02. The number of aromatic amines is 1. The first kappa shape index (κ1) is 34.2. The summed E-state index contributed by atoms with van der Waals surface area (Å²) in [6.45, 7) is 2.82. The number of carboxylic acids is 1. The van der Waals surface area contributed by atoms with E-state index in [1.54, 1.807) is 32.0 Å². The number of benzene rings is 2. The second-order valence-electron chi connectivity index (χ2n) is 13.4. The van der Waals surface area contributed by atoms with Gasteiger partial charge in [0.2, 0.25) is 11.8 Å². The van der Waals surface area contributed by atoms with Gasteiger partial charge in [0.05, 0.1) is 29.5 Å². The minimum absolute atomic E-state index is 0.0388. The summed E-state index contributed by atoms with van der Waals surface area (Å²) in [6.07, 6.45) is -3.95. The van der Waals surface area contributed by atoms with Crippen LogP contribution in [-0.2, 0) is 25.4 Å². The van der Waals surface area contributed by atoms with Gasteiger partial charge in [0.1, 0.15) is 6.04 Å². The molecule has 7 rings (SSSR count). The Morgan fingerprint density at radius 1 is 1.06 bits per heavy atom. The standard InChI is InChI=1S/C34H32F3N3O8S2/c1-13(2)26(32(44)45)40-30(42)24-17-11-18(25(24)31(40)43)27-23(17)22(28-29(49-27)39-33(46)50-28)14-7-8-19(20(9-14)47-3)48-12-21(41)38-16-6-4-5-15(10-16)34(35,36)37/h4-10,13,17-18,22-27H,11-12H2,1-3H3,(H,38,41)(H,39,46)(H,44,45)/t17?,18?,22-,23?,24?,25?,26?,27?/m1/s1. The zero-order chi connectivity index (χ0) is 35.8. The number of carboxylic acid groups (broad SMARTS) is 1. The van der Waals surface area contributed by atoms with Gasteiger partial charge in [-0.25, -0.2) is 4.79 Å². The summed E-state index contributed by atoms with van der Waals surface area (Å²) in [6, 6.07) is 8.12. The van der Waals surface area contributed by atoms with Gasteiger partial charge in [-0.05, 0) is 66.0 Å². The molecule has 0 spiro atoms. The number of imide groups is 1. The molecule has 2 aromatic carbocycles. The number of H-pyrrole nitrogens is 1. The Bertz CT molecular complexity index is 1960. The van der Waals surface area contributed by atoms with Crippen molar-refractivity contribution >= 4 is 52.5 Å². The Hall–Kier alpha value is -4.31. The number of anilines is 1. The van der Waals surface area contributed by atoms with Crippen molar-refractivity contribution in [2.24, 2.45) is 35.5 Å². The zero-order valence-corrected chi connectivity index (χ0v) is 28.5.